The van der Waals surface area contributed by atoms with Gasteiger partial charge in [0.05, 0.1) is 26.3 Å². The SMILES string of the molecule is COC(=O)c1c([N+](=O)[O-])cnc(OC)c1OC. The number of carbonyl (C=O) groups is 1. The summed E-state index contributed by atoms with van der Waals surface area (Å²) in [7, 11) is 3.66. The third kappa shape index (κ3) is 2.25. The highest BCUT2D eigenvalue weighted by Gasteiger charge is 2.30. The number of nitro groups is 1. The molecule has 0 saturated carbocycles. The molecule has 0 saturated heterocycles. The van der Waals surface area contributed by atoms with Crippen LogP contribution in [-0.2, 0) is 4.74 Å². The van der Waals surface area contributed by atoms with Gasteiger partial charge in [-0.15, -0.1) is 0 Å². The molecule has 8 nitrogen and oxygen atoms in total. The first-order valence-electron chi connectivity index (χ1n) is 4.40. The van der Waals surface area contributed by atoms with Crippen LogP contribution in [0.2, 0.25) is 0 Å². The molecule has 0 aliphatic rings. The van der Waals surface area contributed by atoms with Gasteiger partial charge in [-0.05, 0) is 0 Å². The van der Waals surface area contributed by atoms with Gasteiger partial charge in [0.2, 0.25) is 5.75 Å². The summed E-state index contributed by atoms with van der Waals surface area (Å²) >= 11 is 0. The van der Waals surface area contributed by atoms with Gasteiger partial charge in [0.15, 0.2) is 5.56 Å². The summed E-state index contributed by atoms with van der Waals surface area (Å²) in [5.74, 6) is -1.05. The smallest absolute Gasteiger partial charge is 0.349 e. The van der Waals surface area contributed by atoms with Crippen LogP contribution in [-0.4, -0.2) is 37.2 Å². The Hall–Kier alpha value is -2.38. The highest BCUT2D eigenvalue weighted by Crippen LogP contribution is 2.35. The molecule has 0 aliphatic heterocycles. The van der Waals surface area contributed by atoms with Gasteiger partial charge in [-0.3, -0.25) is 10.1 Å². The quantitative estimate of drug-likeness (QED) is 0.437. The second-order valence-corrected chi connectivity index (χ2v) is 2.81. The van der Waals surface area contributed by atoms with E-state index in [-0.39, 0.29) is 17.2 Å². The zero-order valence-electron chi connectivity index (χ0n) is 9.42. The number of esters is 1. The fourth-order valence-electron chi connectivity index (χ4n) is 1.24. The van der Waals surface area contributed by atoms with Crippen molar-refractivity contribution in [3.8, 4) is 11.6 Å². The number of methoxy groups -OCH3 is 3. The van der Waals surface area contributed by atoms with Crippen molar-refractivity contribution in [1.29, 1.82) is 0 Å². The van der Waals surface area contributed by atoms with E-state index in [1.807, 2.05) is 0 Å². The third-order valence-electron chi connectivity index (χ3n) is 1.97. The fraction of sp³-hybridized carbons (Fsp3) is 0.333. The second kappa shape index (κ2) is 5.10. The molecule has 0 radical (unpaired) electrons. The number of hydrogen-bond donors (Lipinski definition) is 0. The van der Waals surface area contributed by atoms with Gasteiger partial charge in [-0.25, -0.2) is 9.78 Å². The summed E-state index contributed by atoms with van der Waals surface area (Å²) in [6.45, 7) is 0. The normalized spacial score (nSPS) is 9.59. The summed E-state index contributed by atoms with van der Waals surface area (Å²) in [6, 6.07) is 0. The van der Waals surface area contributed by atoms with E-state index in [1.54, 1.807) is 0 Å². The lowest BCUT2D eigenvalue weighted by Crippen LogP contribution is -2.10. The standard InChI is InChI=1S/C9H10N2O6/c1-15-7-6(9(12)17-3)5(11(13)14)4-10-8(7)16-2/h4H,1-3H3. The molecule has 0 fully saturated rings. The van der Waals surface area contributed by atoms with E-state index in [9.17, 15) is 14.9 Å². The maximum atomic E-state index is 11.5. The molecule has 1 rings (SSSR count). The van der Waals surface area contributed by atoms with Crippen LogP contribution in [0, 0.1) is 10.1 Å². The molecular formula is C9H10N2O6. The van der Waals surface area contributed by atoms with E-state index in [0.717, 1.165) is 13.3 Å². The summed E-state index contributed by atoms with van der Waals surface area (Å²) in [5.41, 5.74) is -0.832. The first-order valence-corrected chi connectivity index (χ1v) is 4.40. The molecule has 1 aromatic heterocycles. The van der Waals surface area contributed by atoms with Gasteiger partial charge >= 0.3 is 11.7 Å². The molecule has 0 atom stereocenters. The zero-order valence-corrected chi connectivity index (χ0v) is 9.42. The van der Waals surface area contributed by atoms with Crippen LogP contribution < -0.4 is 9.47 Å². The minimum atomic E-state index is -0.894. The van der Waals surface area contributed by atoms with Crippen LogP contribution in [0.3, 0.4) is 0 Å². The first-order chi connectivity index (χ1) is 8.06. The predicted octanol–water partition coefficient (Wildman–Crippen LogP) is 0.794. The molecule has 0 N–H and O–H groups in total. The number of rotatable bonds is 4. The Bertz CT molecular complexity index is 459. The van der Waals surface area contributed by atoms with Crippen LogP contribution in [0.4, 0.5) is 5.69 Å². The molecule has 0 bridgehead atoms. The molecule has 0 unspecified atom stereocenters. The van der Waals surface area contributed by atoms with Gasteiger partial charge in [0, 0.05) is 0 Å². The molecule has 1 heterocycles. The molecule has 92 valence electrons. The Morgan fingerprint density at radius 1 is 1.35 bits per heavy atom. The number of pyridine rings is 1. The van der Waals surface area contributed by atoms with Gasteiger partial charge in [-0.2, -0.15) is 0 Å². The van der Waals surface area contributed by atoms with Crippen LogP contribution in [0.1, 0.15) is 10.4 Å². The van der Waals surface area contributed by atoms with E-state index < -0.39 is 16.6 Å². The summed E-state index contributed by atoms with van der Waals surface area (Å²) in [4.78, 5) is 25.2. The first kappa shape index (κ1) is 12.7. The van der Waals surface area contributed by atoms with Crippen LogP contribution >= 0.6 is 0 Å². The maximum Gasteiger partial charge on any atom is 0.349 e. The molecular weight excluding hydrogens is 232 g/mol. The van der Waals surface area contributed by atoms with Gasteiger partial charge in [0.1, 0.15) is 6.20 Å². The van der Waals surface area contributed by atoms with Crippen molar-refractivity contribution in [2.45, 2.75) is 0 Å². The monoisotopic (exact) mass is 242 g/mol. The second-order valence-electron chi connectivity index (χ2n) is 2.81. The van der Waals surface area contributed by atoms with E-state index in [2.05, 4.69) is 9.72 Å². The average molecular weight is 242 g/mol. The maximum absolute atomic E-state index is 11.5. The summed E-state index contributed by atoms with van der Waals surface area (Å²) in [6.07, 6.45) is 0.910. The van der Waals surface area contributed by atoms with Crippen molar-refractivity contribution in [3.63, 3.8) is 0 Å². The zero-order chi connectivity index (χ0) is 13.0. The summed E-state index contributed by atoms with van der Waals surface area (Å²) in [5, 5.41) is 10.8. The average Bonchev–Trinajstić information content (AvgIpc) is 2.35. The fourth-order valence-corrected chi connectivity index (χ4v) is 1.24. The number of hydrogen-bond acceptors (Lipinski definition) is 7. The molecule has 0 amide bonds. The highest BCUT2D eigenvalue weighted by atomic mass is 16.6. The Morgan fingerprint density at radius 3 is 2.41 bits per heavy atom. The van der Waals surface area contributed by atoms with Gasteiger partial charge < -0.3 is 14.2 Å². The van der Waals surface area contributed by atoms with E-state index in [0.29, 0.717) is 0 Å². The van der Waals surface area contributed by atoms with Crippen molar-refractivity contribution < 1.29 is 23.9 Å². The summed E-state index contributed by atoms with van der Waals surface area (Å²) < 4.78 is 14.2. The van der Waals surface area contributed by atoms with Crippen molar-refractivity contribution in [3.05, 3.63) is 21.9 Å². The molecule has 8 heteroatoms. The largest absolute Gasteiger partial charge is 0.490 e. The Kier molecular flexibility index (Phi) is 3.81. The van der Waals surface area contributed by atoms with E-state index >= 15 is 0 Å². The molecule has 0 spiro atoms. The van der Waals surface area contributed by atoms with Crippen LogP contribution in [0.15, 0.2) is 6.20 Å². The lowest BCUT2D eigenvalue weighted by Gasteiger charge is -2.10. The Morgan fingerprint density at radius 2 is 2.00 bits per heavy atom. The van der Waals surface area contributed by atoms with Crippen molar-refractivity contribution in [1.82, 2.24) is 4.98 Å². The topological polar surface area (TPSA) is 101 Å². The van der Waals surface area contributed by atoms with Gasteiger partial charge in [-0.1, -0.05) is 0 Å². The lowest BCUT2D eigenvalue weighted by atomic mass is 10.2. The molecule has 0 aromatic carbocycles. The van der Waals surface area contributed by atoms with Crippen LogP contribution in [0.25, 0.3) is 0 Å². The number of carbonyl (C=O) groups excluding carboxylic acids is 1. The number of aromatic nitrogens is 1. The van der Waals surface area contributed by atoms with Crippen LogP contribution in [0.5, 0.6) is 11.6 Å². The molecule has 1 aromatic rings. The van der Waals surface area contributed by atoms with Crippen molar-refractivity contribution in [2.75, 3.05) is 21.3 Å². The number of nitrogens with zero attached hydrogens (tertiary/aromatic N) is 2. The Balaban J connectivity index is 3.55. The minimum absolute atomic E-state index is 0.0292. The molecule has 0 aliphatic carbocycles. The van der Waals surface area contributed by atoms with Gasteiger partial charge in [0.25, 0.3) is 5.88 Å². The highest BCUT2D eigenvalue weighted by molar-refractivity contribution is 5.97. The minimum Gasteiger partial charge on any atom is -0.490 e. The van der Waals surface area contributed by atoms with E-state index in [1.165, 1.54) is 14.2 Å². The number of ether oxygens (including phenoxy) is 3. The van der Waals surface area contributed by atoms with E-state index in [4.69, 9.17) is 9.47 Å². The third-order valence-corrected chi connectivity index (χ3v) is 1.97. The van der Waals surface area contributed by atoms with Crippen molar-refractivity contribution >= 4 is 11.7 Å². The predicted molar refractivity (Wildman–Crippen MR) is 55.3 cm³/mol. The van der Waals surface area contributed by atoms with Crippen molar-refractivity contribution in [2.24, 2.45) is 0 Å². The Labute approximate surface area is 96.3 Å². The molecule has 17 heavy (non-hydrogen) atoms. The lowest BCUT2D eigenvalue weighted by molar-refractivity contribution is -0.385.